The fraction of sp³-hybridized carbons (Fsp3) is 0.636. The van der Waals surface area contributed by atoms with Gasteiger partial charge in [-0.1, -0.05) is 6.92 Å². The molecular formula is C11H16N2O2. The van der Waals surface area contributed by atoms with Crippen LogP contribution >= 0.6 is 0 Å². The fourth-order valence-corrected chi connectivity index (χ4v) is 2.11. The van der Waals surface area contributed by atoms with Crippen molar-refractivity contribution in [2.45, 2.75) is 39.2 Å². The van der Waals surface area contributed by atoms with Crippen molar-refractivity contribution >= 4 is 5.97 Å². The van der Waals surface area contributed by atoms with Crippen LogP contribution < -0.4 is 0 Å². The van der Waals surface area contributed by atoms with Gasteiger partial charge in [-0.15, -0.1) is 0 Å². The molecule has 1 aromatic heterocycles. The lowest BCUT2D eigenvalue weighted by atomic mass is 9.94. The van der Waals surface area contributed by atoms with Crippen LogP contribution in [0.5, 0.6) is 0 Å². The number of hydrogen-bond acceptors (Lipinski definition) is 2. The summed E-state index contributed by atoms with van der Waals surface area (Å²) >= 11 is 0. The summed E-state index contributed by atoms with van der Waals surface area (Å²) in [7, 11) is 0. The molecule has 0 amide bonds. The third-order valence-electron chi connectivity index (χ3n) is 3.16. The molecule has 2 rings (SSSR count). The number of rotatable bonds is 2. The van der Waals surface area contributed by atoms with E-state index in [4.69, 9.17) is 5.11 Å². The van der Waals surface area contributed by atoms with E-state index < -0.39 is 11.9 Å². The molecule has 0 aliphatic carbocycles. The first-order chi connectivity index (χ1) is 7.09. The quantitative estimate of drug-likeness (QED) is 0.804. The van der Waals surface area contributed by atoms with Crippen molar-refractivity contribution in [3.63, 3.8) is 0 Å². The van der Waals surface area contributed by atoms with Crippen LogP contribution in [0.15, 0.2) is 6.33 Å². The number of carbonyl (C=O) groups is 1. The minimum Gasteiger partial charge on any atom is -0.481 e. The molecule has 0 saturated heterocycles. The summed E-state index contributed by atoms with van der Waals surface area (Å²) in [4.78, 5) is 15.2. The summed E-state index contributed by atoms with van der Waals surface area (Å²) in [6.45, 7) is 4.87. The highest BCUT2D eigenvalue weighted by molar-refractivity contribution is 5.75. The number of aliphatic carboxylic acids is 1. The van der Waals surface area contributed by atoms with Gasteiger partial charge in [0.05, 0.1) is 17.9 Å². The Kier molecular flexibility index (Phi) is 2.50. The molecule has 0 spiro atoms. The van der Waals surface area contributed by atoms with Crippen LogP contribution in [-0.4, -0.2) is 20.6 Å². The predicted molar refractivity (Wildman–Crippen MR) is 55.8 cm³/mol. The van der Waals surface area contributed by atoms with Crippen molar-refractivity contribution in [3.8, 4) is 0 Å². The van der Waals surface area contributed by atoms with Crippen molar-refractivity contribution in [2.24, 2.45) is 5.92 Å². The minimum atomic E-state index is -0.797. The van der Waals surface area contributed by atoms with E-state index in [-0.39, 0.29) is 0 Å². The van der Waals surface area contributed by atoms with Crippen LogP contribution in [0.1, 0.15) is 37.6 Å². The van der Waals surface area contributed by atoms with Gasteiger partial charge in [-0.2, -0.15) is 0 Å². The number of aryl methyl sites for hydroxylation is 1. The summed E-state index contributed by atoms with van der Waals surface area (Å²) in [5.74, 6) is -0.657. The summed E-state index contributed by atoms with van der Waals surface area (Å²) in [5.41, 5.74) is 1.86. The molecule has 0 saturated carbocycles. The molecule has 0 aromatic carbocycles. The Morgan fingerprint density at radius 1 is 1.73 bits per heavy atom. The highest BCUT2D eigenvalue weighted by Crippen LogP contribution is 2.26. The minimum absolute atomic E-state index is 0.494. The first-order valence-electron chi connectivity index (χ1n) is 5.36. The maximum absolute atomic E-state index is 10.9. The van der Waals surface area contributed by atoms with Gasteiger partial charge in [-0.25, -0.2) is 4.98 Å². The largest absolute Gasteiger partial charge is 0.481 e. The summed E-state index contributed by atoms with van der Waals surface area (Å²) in [6, 6.07) is 0. The van der Waals surface area contributed by atoms with Gasteiger partial charge in [-0.05, 0) is 25.7 Å². The van der Waals surface area contributed by atoms with E-state index >= 15 is 0 Å². The number of fused-ring (bicyclic) bond motifs is 1. The van der Waals surface area contributed by atoms with E-state index in [2.05, 4.69) is 16.5 Å². The number of carboxylic acid groups (broad SMARTS) is 1. The first kappa shape index (κ1) is 10.2. The molecule has 1 aromatic rings. The van der Waals surface area contributed by atoms with Crippen molar-refractivity contribution in [3.05, 3.63) is 17.7 Å². The van der Waals surface area contributed by atoms with Crippen molar-refractivity contribution < 1.29 is 9.90 Å². The molecule has 2 atom stereocenters. The standard InChI is InChI=1S/C11H16N2O2/c1-7-3-4-13-6-12-10(9(13)5-7)8(2)11(14)15/h6-8H,3-5H2,1-2H3,(H,14,15). The molecule has 0 radical (unpaired) electrons. The van der Waals surface area contributed by atoms with Crippen molar-refractivity contribution in [1.29, 1.82) is 0 Å². The molecule has 1 aliphatic rings. The Morgan fingerprint density at radius 3 is 3.13 bits per heavy atom. The van der Waals surface area contributed by atoms with Gasteiger partial charge >= 0.3 is 5.97 Å². The van der Waals surface area contributed by atoms with Gasteiger partial charge in [0.15, 0.2) is 0 Å². The number of hydrogen-bond donors (Lipinski definition) is 1. The molecule has 2 heterocycles. The Labute approximate surface area is 88.9 Å². The number of imidazole rings is 1. The summed E-state index contributed by atoms with van der Waals surface area (Å²) in [5, 5.41) is 8.97. The lowest BCUT2D eigenvalue weighted by molar-refractivity contribution is -0.138. The highest BCUT2D eigenvalue weighted by Gasteiger charge is 2.25. The van der Waals surface area contributed by atoms with Gasteiger partial charge in [-0.3, -0.25) is 4.79 Å². The maximum atomic E-state index is 10.9. The van der Waals surface area contributed by atoms with Crippen molar-refractivity contribution in [2.75, 3.05) is 0 Å². The molecule has 1 N–H and O–H groups in total. The van der Waals surface area contributed by atoms with Gasteiger partial charge in [0.2, 0.25) is 0 Å². The second-order valence-corrected chi connectivity index (χ2v) is 4.43. The summed E-state index contributed by atoms with van der Waals surface area (Å²) in [6.07, 6.45) is 3.88. The van der Waals surface area contributed by atoms with Crippen LogP contribution in [0.2, 0.25) is 0 Å². The zero-order chi connectivity index (χ0) is 11.0. The number of nitrogens with zero attached hydrogens (tertiary/aromatic N) is 2. The fourth-order valence-electron chi connectivity index (χ4n) is 2.11. The van der Waals surface area contributed by atoms with Crippen LogP contribution in [0, 0.1) is 5.92 Å². The van der Waals surface area contributed by atoms with E-state index in [1.807, 2.05) is 0 Å². The van der Waals surface area contributed by atoms with Gasteiger partial charge in [0.25, 0.3) is 0 Å². The molecule has 0 fully saturated rings. The maximum Gasteiger partial charge on any atom is 0.312 e. The first-order valence-corrected chi connectivity index (χ1v) is 5.36. The smallest absolute Gasteiger partial charge is 0.312 e. The molecular weight excluding hydrogens is 192 g/mol. The van der Waals surface area contributed by atoms with Crippen LogP contribution in [-0.2, 0) is 17.8 Å². The second kappa shape index (κ2) is 3.68. The van der Waals surface area contributed by atoms with E-state index in [0.717, 1.165) is 30.8 Å². The third-order valence-corrected chi connectivity index (χ3v) is 3.16. The lowest BCUT2D eigenvalue weighted by Gasteiger charge is -2.21. The van der Waals surface area contributed by atoms with Gasteiger partial charge in [0, 0.05) is 12.2 Å². The Balaban J connectivity index is 2.34. The second-order valence-electron chi connectivity index (χ2n) is 4.43. The van der Waals surface area contributed by atoms with Crippen LogP contribution in [0.25, 0.3) is 0 Å². The van der Waals surface area contributed by atoms with Crippen LogP contribution in [0.3, 0.4) is 0 Å². The molecule has 2 unspecified atom stereocenters. The van der Waals surface area contributed by atoms with E-state index in [1.165, 1.54) is 0 Å². The SMILES string of the molecule is CC1CCn2cnc(C(C)C(=O)O)c2C1. The van der Waals surface area contributed by atoms with E-state index in [9.17, 15) is 4.79 Å². The van der Waals surface area contributed by atoms with Crippen molar-refractivity contribution in [1.82, 2.24) is 9.55 Å². The lowest BCUT2D eigenvalue weighted by Crippen LogP contribution is -2.19. The topological polar surface area (TPSA) is 55.1 Å². The molecule has 82 valence electrons. The molecule has 0 bridgehead atoms. The van der Waals surface area contributed by atoms with E-state index in [1.54, 1.807) is 13.3 Å². The molecule has 15 heavy (non-hydrogen) atoms. The summed E-state index contributed by atoms with van der Waals surface area (Å²) < 4.78 is 2.09. The molecule has 4 nitrogen and oxygen atoms in total. The Morgan fingerprint density at radius 2 is 2.47 bits per heavy atom. The highest BCUT2D eigenvalue weighted by atomic mass is 16.4. The normalized spacial score (nSPS) is 22.1. The third kappa shape index (κ3) is 1.76. The van der Waals surface area contributed by atoms with E-state index in [0.29, 0.717) is 5.92 Å². The molecule has 4 heteroatoms. The van der Waals surface area contributed by atoms with Crippen LogP contribution in [0.4, 0.5) is 0 Å². The number of aromatic nitrogens is 2. The van der Waals surface area contributed by atoms with Gasteiger partial charge < -0.3 is 9.67 Å². The number of carboxylic acids is 1. The Bertz CT molecular complexity index is 384. The average Bonchev–Trinajstić information content (AvgIpc) is 2.59. The molecule has 1 aliphatic heterocycles. The average molecular weight is 208 g/mol. The Hall–Kier alpha value is -1.32. The predicted octanol–water partition coefficient (Wildman–Crippen LogP) is 1.65. The monoisotopic (exact) mass is 208 g/mol. The zero-order valence-corrected chi connectivity index (χ0v) is 9.10. The van der Waals surface area contributed by atoms with Gasteiger partial charge in [0.1, 0.15) is 0 Å². The zero-order valence-electron chi connectivity index (χ0n) is 9.10.